The number of aromatic hydroxyl groups is 2. The van der Waals surface area contributed by atoms with Crippen molar-refractivity contribution >= 4 is 0 Å². The third kappa shape index (κ3) is 2.34. The molecule has 21 heavy (non-hydrogen) atoms. The van der Waals surface area contributed by atoms with Crippen molar-refractivity contribution in [2.75, 3.05) is 0 Å². The second kappa shape index (κ2) is 5.29. The summed E-state index contributed by atoms with van der Waals surface area (Å²) in [5, 5.41) is 20.0. The summed E-state index contributed by atoms with van der Waals surface area (Å²) in [6.45, 7) is 0. The van der Waals surface area contributed by atoms with Crippen LogP contribution in [0.5, 0.6) is 11.5 Å². The van der Waals surface area contributed by atoms with Crippen LogP contribution in [0.3, 0.4) is 0 Å². The van der Waals surface area contributed by atoms with E-state index < -0.39 is 36.0 Å². The molecule has 0 radical (unpaired) electrons. The molecule has 0 atom stereocenters. The maximum Gasteiger partial charge on any atom is 0.139 e. The van der Waals surface area contributed by atoms with Crippen LogP contribution in [0.1, 0.15) is 6.85 Å². The largest absolute Gasteiger partial charge is 0.507 e. The Kier molecular flexibility index (Phi) is 2.13. The Bertz CT molecular complexity index is 987. The molecule has 0 aliphatic carbocycles. The molecule has 0 unspecified atom stereocenters. The van der Waals surface area contributed by atoms with Crippen LogP contribution in [-0.4, -0.2) is 10.2 Å². The number of hydrogen-bond acceptors (Lipinski definition) is 2. The Balaban J connectivity index is 2.35. The molecule has 0 aliphatic rings. The fourth-order valence-electron chi connectivity index (χ4n) is 2.11. The van der Waals surface area contributed by atoms with Crippen molar-refractivity contribution in [3.63, 3.8) is 0 Å². The molecule has 0 aliphatic heterocycles. The number of hydrogen-bond donors (Lipinski definition) is 2. The molecule has 2 N–H and O–H groups in total. The summed E-state index contributed by atoms with van der Waals surface area (Å²) in [7, 11) is 0. The van der Waals surface area contributed by atoms with E-state index in [9.17, 15) is 10.2 Å². The molecule has 0 aromatic heterocycles. The predicted octanol–water partition coefficient (Wildman–Crippen LogP) is 4.57. The van der Waals surface area contributed by atoms with Crippen LogP contribution in [0, 0.1) is 5.82 Å². The maximum atomic E-state index is 15.2. The van der Waals surface area contributed by atoms with Gasteiger partial charge in [0.05, 0.1) is 12.4 Å². The molecule has 0 spiro atoms. The van der Waals surface area contributed by atoms with Gasteiger partial charge in [-0.05, 0) is 17.7 Å². The first kappa shape index (κ1) is 8.47. The van der Waals surface area contributed by atoms with Crippen LogP contribution in [-0.2, 0) is 0 Å². The van der Waals surface area contributed by atoms with Gasteiger partial charge in [0.15, 0.2) is 0 Å². The number of rotatable bonds is 2. The predicted molar refractivity (Wildman–Crippen MR) is 80.6 cm³/mol. The number of benzene rings is 3. The summed E-state index contributed by atoms with van der Waals surface area (Å²) in [6.07, 6.45) is 0. The third-order valence-electron chi connectivity index (χ3n) is 3.06. The molecule has 0 bridgehead atoms. The zero-order chi connectivity index (χ0) is 19.2. The molecule has 3 rings (SSSR count). The van der Waals surface area contributed by atoms with Crippen molar-refractivity contribution in [3.05, 3.63) is 72.4 Å². The summed E-state index contributed by atoms with van der Waals surface area (Å²) < 4.78 is 54.2. The van der Waals surface area contributed by atoms with Gasteiger partial charge in [-0.2, -0.15) is 0 Å². The molecule has 104 valence electrons. The fraction of sp³-hybridized carbons (Fsp3) is 0. The van der Waals surface area contributed by atoms with E-state index in [0.717, 1.165) is 0 Å². The van der Waals surface area contributed by atoms with E-state index in [1.165, 1.54) is 36.4 Å². The average Bonchev–Trinajstić information content (AvgIpc) is 2.61. The van der Waals surface area contributed by atoms with Crippen molar-refractivity contribution in [1.29, 1.82) is 0 Å². The van der Waals surface area contributed by atoms with Crippen LogP contribution in [0.25, 0.3) is 22.3 Å². The second-order valence-corrected chi connectivity index (χ2v) is 4.34. The Morgan fingerprint density at radius 2 is 1.38 bits per heavy atom. The molecule has 2 nitrogen and oxygen atoms in total. The van der Waals surface area contributed by atoms with Gasteiger partial charge in [-0.3, -0.25) is 0 Å². The lowest BCUT2D eigenvalue weighted by Crippen LogP contribution is -1.90. The summed E-state index contributed by atoms with van der Waals surface area (Å²) in [5.74, 6) is -1.60. The first-order valence-electron chi connectivity index (χ1n) is 8.62. The highest BCUT2D eigenvalue weighted by Crippen LogP contribution is 2.40. The van der Waals surface area contributed by atoms with Gasteiger partial charge >= 0.3 is 0 Å². The topological polar surface area (TPSA) is 40.5 Å². The van der Waals surface area contributed by atoms with Gasteiger partial charge in [0, 0.05) is 11.1 Å². The summed E-state index contributed by atoms with van der Waals surface area (Å²) in [6, 6.07) is 5.20. The normalized spacial score (nSPS) is 13.9. The molecule has 0 saturated heterocycles. The van der Waals surface area contributed by atoms with Crippen molar-refractivity contribution in [2.45, 2.75) is 0 Å². The number of halogens is 1. The molecule has 0 amide bonds. The zero-order valence-corrected chi connectivity index (χ0v) is 10.7. The van der Waals surface area contributed by atoms with E-state index in [0.29, 0.717) is 0 Å². The Labute approximate surface area is 128 Å². The Morgan fingerprint density at radius 1 is 0.810 bits per heavy atom. The lowest BCUT2D eigenvalue weighted by atomic mass is 9.97. The van der Waals surface area contributed by atoms with Crippen LogP contribution < -0.4 is 0 Å². The highest BCUT2D eigenvalue weighted by Gasteiger charge is 2.16. The molecule has 0 fully saturated rings. The van der Waals surface area contributed by atoms with E-state index in [-0.39, 0.29) is 33.8 Å². The average molecular weight is 285 g/mol. The minimum Gasteiger partial charge on any atom is -0.507 e. The first-order chi connectivity index (χ1) is 12.3. The minimum absolute atomic E-state index is 0.140. The van der Waals surface area contributed by atoms with Gasteiger partial charge in [0.1, 0.15) is 17.3 Å². The van der Waals surface area contributed by atoms with Gasteiger partial charge in [-0.1, -0.05) is 54.5 Å². The van der Waals surface area contributed by atoms with E-state index in [2.05, 4.69) is 0 Å². The summed E-state index contributed by atoms with van der Waals surface area (Å²) >= 11 is 0. The molecule has 3 aromatic rings. The smallest absolute Gasteiger partial charge is 0.139 e. The third-order valence-corrected chi connectivity index (χ3v) is 3.06. The van der Waals surface area contributed by atoms with E-state index in [1.807, 2.05) is 0 Å². The van der Waals surface area contributed by atoms with E-state index >= 15 is 4.39 Å². The van der Waals surface area contributed by atoms with Gasteiger partial charge in [0.25, 0.3) is 0 Å². The zero-order valence-electron chi connectivity index (χ0n) is 15.7. The highest BCUT2D eigenvalue weighted by molar-refractivity contribution is 5.80. The summed E-state index contributed by atoms with van der Waals surface area (Å²) in [5.41, 5.74) is -0.795. The van der Waals surface area contributed by atoms with E-state index in [4.69, 9.17) is 6.85 Å². The van der Waals surface area contributed by atoms with Crippen LogP contribution in [0.2, 0.25) is 0 Å². The van der Waals surface area contributed by atoms with Gasteiger partial charge in [-0.15, -0.1) is 0 Å². The molecule has 0 saturated carbocycles. The Morgan fingerprint density at radius 3 is 2.05 bits per heavy atom. The van der Waals surface area contributed by atoms with Crippen LogP contribution in [0.15, 0.2) is 66.6 Å². The van der Waals surface area contributed by atoms with Gasteiger partial charge in [0.2, 0.25) is 0 Å². The SMILES string of the molecule is [2H]c1c([2H])c([2H])c(-c2cccc(-c3c(O)cccc3O)c2F)c([2H])c1[2H]. The van der Waals surface area contributed by atoms with Gasteiger partial charge < -0.3 is 10.2 Å². The van der Waals surface area contributed by atoms with Crippen LogP contribution >= 0.6 is 0 Å². The molecule has 3 aromatic carbocycles. The van der Waals surface area contributed by atoms with Gasteiger partial charge in [-0.25, -0.2) is 4.39 Å². The van der Waals surface area contributed by atoms with Crippen molar-refractivity contribution in [3.8, 4) is 33.8 Å². The van der Waals surface area contributed by atoms with Crippen molar-refractivity contribution in [2.24, 2.45) is 0 Å². The minimum atomic E-state index is -0.914. The second-order valence-electron chi connectivity index (χ2n) is 4.34. The lowest BCUT2D eigenvalue weighted by molar-refractivity contribution is 0.453. The van der Waals surface area contributed by atoms with Crippen molar-refractivity contribution in [1.82, 2.24) is 0 Å². The Hall–Kier alpha value is -2.81. The highest BCUT2D eigenvalue weighted by atomic mass is 19.1. The lowest BCUT2D eigenvalue weighted by Gasteiger charge is -2.11. The number of phenolic OH excluding ortho intramolecular Hbond substituents is 2. The van der Waals surface area contributed by atoms with Crippen molar-refractivity contribution < 1.29 is 21.5 Å². The van der Waals surface area contributed by atoms with Crippen LogP contribution in [0.4, 0.5) is 4.39 Å². The number of phenols is 2. The quantitative estimate of drug-likeness (QED) is 0.724. The summed E-state index contributed by atoms with van der Waals surface area (Å²) in [4.78, 5) is 0. The fourth-order valence-corrected chi connectivity index (χ4v) is 2.11. The molecular formula is C18H13FO2. The first-order valence-corrected chi connectivity index (χ1v) is 6.12. The molecule has 3 heteroatoms. The molecular weight excluding hydrogens is 267 g/mol. The van der Waals surface area contributed by atoms with E-state index in [1.54, 1.807) is 0 Å². The standard InChI is InChI=1S/C18H13FO2/c19-18-13(12-6-2-1-3-7-12)8-4-9-14(18)17-15(20)10-5-11-16(17)21/h1-11,20-21H/i1D,2D,3D,6D,7D. The monoisotopic (exact) mass is 285 g/mol. The maximum absolute atomic E-state index is 15.2. The molecule has 0 heterocycles.